The second-order valence-corrected chi connectivity index (χ2v) is 8.45. The molecule has 0 saturated carbocycles. The fourth-order valence-corrected chi connectivity index (χ4v) is 3.32. The molecule has 31 heavy (non-hydrogen) atoms. The van der Waals surface area contributed by atoms with Gasteiger partial charge in [0, 0.05) is 17.5 Å². The Kier molecular flexibility index (Phi) is 5.65. The van der Waals surface area contributed by atoms with Crippen molar-refractivity contribution >= 4 is 28.6 Å². The fourth-order valence-electron chi connectivity index (χ4n) is 3.18. The summed E-state index contributed by atoms with van der Waals surface area (Å²) < 4.78 is 13.1. The van der Waals surface area contributed by atoms with Crippen LogP contribution >= 0.6 is 11.6 Å². The maximum atomic E-state index is 13.1. The van der Waals surface area contributed by atoms with Crippen molar-refractivity contribution in [3.8, 4) is 17.1 Å². The van der Waals surface area contributed by atoms with Crippen LogP contribution in [-0.4, -0.2) is 26.2 Å². The van der Waals surface area contributed by atoms with Crippen LogP contribution in [0, 0.1) is 0 Å². The zero-order chi connectivity index (χ0) is 22.0. The van der Waals surface area contributed by atoms with Crippen LogP contribution in [0.1, 0.15) is 26.3 Å². The highest BCUT2D eigenvalue weighted by Gasteiger charge is 2.24. The van der Waals surface area contributed by atoms with E-state index < -0.39 is 11.7 Å². The van der Waals surface area contributed by atoms with E-state index in [-0.39, 0.29) is 5.15 Å². The highest BCUT2D eigenvalue weighted by Crippen LogP contribution is 2.31. The van der Waals surface area contributed by atoms with Crippen molar-refractivity contribution < 1.29 is 14.3 Å². The smallest absolute Gasteiger partial charge is 0.419 e. The van der Waals surface area contributed by atoms with E-state index in [1.807, 2.05) is 75.4 Å². The third-order valence-corrected chi connectivity index (χ3v) is 4.70. The predicted molar refractivity (Wildman–Crippen MR) is 120 cm³/mol. The van der Waals surface area contributed by atoms with Crippen LogP contribution in [0.4, 0.5) is 4.79 Å². The van der Waals surface area contributed by atoms with Crippen molar-refractivity contribution in [2.75, 3.05) is 0 Å². The Bertz CT molecular complexity index is 1230. The summed E-state index contributed by atoms with van der Waals surface area (Å²) in [5.74, 6) is 0.645. The minimum Gasteiger partial charge on any atom is -0.489 e. The molecule has 0 aliphatic rings. The normalized spacial score (nSPS) is 11.5. The summed E-state index contributed by atoms with van der Waals surface area (Å²) in [6.45, 7) is 5.90. The van der Waals surface area contributed by atoms with Gasteiger partial charge in [-0.05, 0) is 44.5 Å². The summed E-state index contributed by atoms with van der Waals surface area (Å²) in [5.41, 5.74) is 2.14. The van der Waals surface area contributed by atoms with Crippen molar-refractivity contribution in [2.24, 2.45) is 0 Å². The van der Waals surface area contributed by atoms with Gasteiger partial charge in [-0.3, -0.25) is 0 Å². The number of fused-ring (bicyclic) bond motifs is 1. The quantitative estimate of drug-likeness (QED) is 0.361. The molecule has 4 rings (SSSR count). The Morgan fingerprint density at radius 1 is 1.03 bits per heavy atom. The molecule has 0 aliphatic heterocycles. The molecule has 0 radical (unpaired) electrons. The molecule has 2 heterocycles. The number of ether oxygens (including phenoxy) is 2. The third kappa shape index (κ3) is 4.86. The molecule has 7 heteroatoms. The number of carbonyl (C=O) groups excluding carboxylic acids is 1. The lowest BCUT2D eigenvalue weighted by Crippen LogP contribution is -2.27. The van der Waals surface area contributed by atoms with Gasteiger partial charge in [0.05, 0.1) is 16.9 Å². The number of rotatable bonds is 4. The number of carbonyl (C=O) groups is 1. The van der Waals surface area contributed by atoms with Crippen LogP contribution < -0.4 is 4.74 Å². The molecule has 0 unspecified atom stereocenters. The molecule has 2 aromatic carbocycles. The minimum absolute atomic E-state index is 0.290. The molecule has 0 spiro atoms. The van der Waals surface area contributed by atoms with Crippen molar-refractivity contribution in [1.82, 2.24) is 14.5 Å². The summed E-state index contributed by atoms with van der Waals surface area (Å²) in [4.78, 5) is 21.3. The van der Waals surface area contributed by atoms with Gasteiger partial charge in [0.15, 0.2) is 0 Å². The molecule has 0 amide bonds. The SMILES string of the molecule is CC(C)(C)OC(=O)n1c(-c2cc(Cl)ncn2)cc2ccc(OCc3ccccc3)cc21. The average molecular weight is 436 g/mol. The van der Waals surface area contributed by atoms with E-state index in [1.165, 1.54) is 10.9 Å². The molecule has 158 valence electrons. The van der Waals surface area contributed by atoms with Crippen molar-refractivity contribution in [1.29, 1.82) is 0 Å². The highest BCUT2D eigenvalue weighted by atomic mass is 35.5. The number of hydrogen-bond acceptors (Lipinski definition) is 5. The topological polar surface area (TPSA) is 66.2 Å². The van der Waals surface area contributed by atoms with E-state index in [1.54, 1.807) is 6.07 Å². The Morgan fingerprint density at radius 2 is 1.81 bits per heavy atom. The van der Waals surface area contributed by atoms with Gasteiger partial charge < -0.3 is 9.47 Å². The summed E-state index contributed by atoms with van der Waals surface area (Å²) >= 11 is 6.06. The summed E-state index contributed by atoms with van der Waals surface area (Å²) in [7, 11) is 0. The van der Waals surface area contributed by atoms with Gasteiger partial charge in [-0.25, -0.2) is 19.3 Å². The van der Waals surface area contributed by atoms with Gasteiger partial charge in [0.1, 0.15) is 29.4 Å². The van der Waals surface area contributed by atoms with E-state index in [4.69, 9.17) is 21.1 Å². The van der Waals surface area contributed by atoms with Crippen LogP contribution in [0.3, 0.4) is 0 Å². The lowest BCUT2D eigenvalue weighted by Gasteiger charge is -2.21. The van der Waals surface area contributed by atoms with Crippen molar-refractivity contribution in [2.45, 2.75) is 33.0 Å². The molecule has 6 nitrogen and oxygen atoms in total. The largest absolute Gasteiger partial charge is 0.489 e. The van der Waals surface area contributed by atoms with Gasteiger partial charge in [-0.15, -0.1) is 0 Å². The van der Waals surface area contributed by atoms with Gasteiger partial charge in [-0.2, -0.15) is 0 Å². The molecular weight excluding hydrogens is 414 g/mol. The monoisotopic (exact) mass is 435 g/mol. The van der Waals surface area contributed by atoms with Crippen LogP contribution in [0.5, 0.6) is 5.75 Å². The Labute approximate surface area is 185 Å². The van der Waals surface area contributed by atoms with Gasteiger partial charge in [-0.1, -0.05) is 41.9 Å². The molecule has 0 N–H and O–H groups in total. The lowest BCUT2D eigenvalue weighted by atomic mass is 10.2. The van der Waals surface area contributed by atoms with Gasteiger partial charge in [0.25, 0.3) is 0 Å². The molecule has 0 bridgehead atoms. The molecule has 2 aromatic heterocycles. The van der Waals surface area contributed by atoms with Crippen LogP contribution in [0.15, 0.2) is 67.0 Å². The lowest BCUT2D eigenvalue weighted by molar-refractivity contribution is 0.0547. The Hall–Kier alpha value is -3.38. The van der Waals surface area contributed by atoms with Crippen LogP contribution in [0.25, 0.3) is 22.3 Å². The Morgan fingerprint density at radius 3 is 2.52 bits per heavy atom. The molecule has 0 atom stereocenters. The Balaban J connectivity index is 1.77. The zero-order valence-corrected chi connectivity index (χ0v) is 18.3. The number of halogens is 1. The van der Waals surface area contributed by atoms with Gasteiger partial charge >= 0.3 is 6.09 Å². The molecule has 0 aliphatic carbocycles. The van der Waals surface area contributed by atoms with Crippen molar-refractivity contribution in [3.63, 3.8) is 0 Å². The first-order chi connectivity index (χ1) is 14.8. The number of aromatic nitrogens is 3. The summed E-state index contributed by atoms with van der Waals surface area (Å²) in [5, 5.41) is 1.14. The predicted octanol–water partition coefficient (Wildman–Crippen LogP) is 6.11. The fraction of sp³-hybridized carbons (Fsp3) is 0.208. The first-order valence-electron chi connectivity index (χ1n) is 9.84. The highest BCUT2D eigenvalue weighted by molar-refractivity contribution is 6.29. The van der Waals surface area contributed by atoms with E-state index in [2.05, 4.69) is 9.97 Å². The number of hydrogen-bond donors (Lipinski definition) is 0. The minimum atomic E-state index is -0.657. The maximum Gasteiger partial charge on any atom is 0.419 e. The maximum absolute atomic E-state index is 13.1. The average Bonchev–Trinajstić information content (AvgIpc) is 3.11. The van der Waals surface area contributed by atoms with Crippen LogP contribution in [0.2, 0.25) is 5.15 Å². The van der Waals surface area contributed by atoms with Gasteiger partial charge in [0.2, 0.25) is 0 Å². The number of nitrogens with zero attached hydrogens (tertiary/aromatic N) is 3. The summed E-state index contributed by atoms with van der Waals surface area (Å²) in [6, 6.07) is 19.0. The van der Waals surface area contributed by atoms with E-state index in [0.29, 0.717) is 29.3 Å². The zero-order valence-electron chi connectivity index (χ0n) is 17.5. The molecule has 4 aromatic rings. The standard InChI is InChI=1S/C24H22ClN3O3/c1-24(2,3)31-23(29)28-20-12-18(30-14-16-7-5-4-6-8-16)10-9-17(20)11-21(28)19-13-22(25)27-15-26-19/h4-13,15H,14H2,1-3H3. The van der Waals surface area contributed by atoms with E-state index >= 15 is 0 Å². The van der Waals surface area contributed by atoms with E-state index in [0.717, 1.165) is 10.9 Å². The first-order valence-corrected chi connectivity index (χ1v) is 10.2. The van der Waals surface area contributed by atoms with E-state index in [9.17, 15) is 4.79 Å². The van der Waals surface area contributed by atoms with Crippen LogP contribution in [-0.2, 0) is 11.3 Å². The second-order valence-electron chi connectivity index (χ2n) is 8.07. The second kappa shape index (κ2) is 8.40. The number of benzene rings is 2. The van der Waals surface area contributed by atoms with Crippen molar-refractivity contribution in [3.05, 3.63) is 77.7 Å². The molecular formula is C24H22ClN3O3. The molecule has 0 fully saturated rings. The first kappa shape index (κ1) is 20.9. The third-order valence-electron chi connectivity index (χ3n) is 4.50. The molecule has 0 saturated heterocycles. The summed E-state index contributed by atoms with van der Waals surface area (Å²) in [6.07, 6.45) is 0.857.